The zero-order chi connectivity index (χ0) is 20.4. The van der Waals surface area contributed by atoms with Gasteiger partial charge in [-0.25, -0.2) is 5.43 Å². The van der Waals surface area contributed by atoms with Gasteiger partial charge in [-0.1, -0.05) is 37.6 Å². The van der Waals surface area contributed by atoms with E-state index < -0.39 is 5.91 Å². The Morgan fingerprint density at radius 1 is 1.07 bits per heavy atom. The molecule has 2 amide bonds. The van der Waals surface area contributed by atoms with Gasteiger partial charge in [-0.3, -0.25) is 9.59 Å². The topological polar surface area (TPSA) is 79.8 Å². The first kappa shape index (κ1) is 21.4. The first-order chi connectivity index (χ1) is 13.4. The van der Waals surface area contributed by atoms with Crippen LogP contribution < -0.4 is 15.5 Å². The first-order valence-corrected chi connectivity index (χ1v) is 9.36. The minimum Gasteiger partial charge on any atom is -0.489 e. The van der Waals surface area contributed by atoms with E-state index in [1.165, 1.54) is 6.21 Å². The van der Waals surface area contributed by atoms with E-state index in [9.17, 15) is 9.59 Å². The molecule has 0 fully saturated rings. The summed E-state index contributed by atoms with van der Waals surface area (Å²) in [7, 11) is 0. The van der Waals surface area contributed by atoms with Crippen molar-refractivity contribution in [2.24, 2.45) is 11.0 Å². The molecule has 0 aromatic heterocycles. The molecule has 7 heteroatoms. The fourth-order valence-corrected chi connectivity index (χ4v) is 2.27. The third-order valence-corrected chi connectivity index (χ3v) is 3.88. The normalized spacial score (nSPS) is 10.9. The van der Waals surface area contributed by atoms with Gasteiger partial charge in [-0.05, 0) is 53.4 Å². The zero-order valence-electron chi connectivity index (χ0n) is 15.9. The highest BCUT2D eigenvalue weighted by Gasteiger charge is 2.08. The largest absolute Gasteiger partial charge is 0.489 e. The summed E-state index contributed by atoms with van der Waals surface area (Å²) < 4.78 is 5.71. The van der Waals surface area contributed by atoms with Gasteiger partial charge in [0, 0.05) is 11.6 Å². The Balaban J connectivity index is 1.74. The monoisotopic (exact) mass is 401 g/mol. The number of nitrogens with one attached hydrogen (secondary N) is 2. The zero-order valence-corrected chi connectivity index (χ0v) is 16.7. The second kappa shape index (κ2) is 11.1. The van der Waals surface area contributed by atoms with E-state index in [2.05, 4.69) is 15.8 Å². The Labute approximate surface area is 169 Å². The van der Waals surface area contributed by atoms with E-state index in [4.69, 9.17) is 16.3 Å². The predicted molar refractivity (Wildman–Crippen MR) is 110 cm³/mol. The van der Waals surface area contributed by atoms with Gasteiger partial charge >= 0.3 is 0 Å². The first-order valence-electron chi connectivity index (χ1n) is 8.98. The minimum atomic E-state index is -0.458. The van der Waals surface area contributed by atoms with Crippen LogP contribution in [0.15, 0.2) is 53.6 Å². The molecule has 0 saturated heterocycles. The average Bonchev–Trinajstić information content (AvgIpc) is 2.67. The van der Waals surface area contributed by atoms with E-state index in [0.717, 1.165) is 16.9 Å². The lowest BCUT2D eigenvalue weighted by molar-refractivity contribution is -0.129. The number of rotatable bonds is 9. The van der Waals surface area contributed by atoms with Crippen molar-refractivity contribution in [3.05, 3.63) is 64.7 Å². The van der Waals surface area contributed by atoms with Crippen molar-refractivity contribution in [2.75, 3.05) is 6.54 Å². The summed E-state index contributed by atoms with van der Waals surface area (Å²) in [5, 5.41) is 7.24. The number of halogens is 1. The quantitative estimate of drug-likeness (QED) is 0.383. The fourth-order valence-electron chi connectivity index (χ4n) is 2.14. The van der Waals surface area contributed by atoms with Gasteiger partial charge in [0.05, 0.1) is 6.21 Å². The van der Waals surface area contributed by atoms with Crippen LogP contribution in [0, 0.1) is 5.92 Å². The van der Waals surface area contributed by atoms with Crippen molar-refractivity contribution in [1.82, 2.24) is 10.7 Å². The molecule has 2 aromatic rings. The van der Waals surface area contributed by atoms with Crippen molar-refractivity contribution in [3.63, 3.8) is 0 Å². The van der Waals surface area contributed by atoms with Gasteiger partial charge in [0.15, 0.2) is 0 Å². The summed E-state index contributed by atoms with van der Waals surface area (Å²) in [5.41, 5.74) is 4.16. The van der Waals surface area contributed by atoms with E-state index in [1.807, 2.05) is 62.4 Å². The predicted octanol–water partition coefficient (Wildman–Crippen LogP) is 3.53. The van der Waals surface area contributed by atoms with Gasteiger partial charge in [-0.2, -0.15) is 5.10 Å². The van der Waals surface area contributed by atoms with E-state index >= 15 is 0 Å². The molecule has 0 unspecified atom stereocenters. The maximum absolute atomic E-state index is 11.7. The van der Waals surface area contributed by atoms with E-state index in [-0.39, 0.29) is 12.3 Å². The Morgan fingerprint density at radius 2 is 1.75 bits per heavy atom. The number of benzene rings is 2. The minimum absolute atomic E-state index is 0.248. The molecular formula is C21H24ClN3O3. The Hall–Kier alpha value is -2.86. The summed E-state index contributed by atoms with van der Waals surface area (Å²) in [4.78, 5) is 23.2. The van der Waals surface area contributed by atoms with Crippen LogP contribution >= 0.6 is 11.6 Å². The smallest absolute Gasteiger partial charge is 0.249 e. The molecule has 0 saturated carbocycles. The van der Waals surface area contributed by atoms with Crippen molar-refractivity contribution in [2.45, 2.75) is 26.9 Å². The van der Waals surface area contributed by atoms with Gasteiger partial charge < -0.3 is 10.1 Å². The molecule has 2 N–H and O–H groups in total. The molecule has 0 aliphatic rings. The molecule has 148 valence electrons. The lowest BCUT2D eigenvalue weighted by atomic mass is 10.2. The Morgan fingerprint density at radius 3 is 2.39 bits per heavy atom. The summed E-state index contributed by atoms with van der Waals surface area (Å²) in [6.07, 6.45) is 1.26. The van der Waals surface area contributed by atoms with Crippen molar-refractivity contribution < 1.29 is 14.3 Å². The molecule has 0 atom stereocenters. The van der Waals surface area contributed by atoms with Crippen LogP contribution in [-0.2, 0) is 16.2 Å². The third-order valence-electron chi connectivity index (χ3n) is 3.63. The van der Waals surface area contributed by atoms with Crippen LogP contribution in [0.3, 0.4) is 0 Å². The molecule has 0 aliphatic carbocycles. The van der Waals surface area contributed by atoms with Gasteiger partial charge in [-0.15, -0.1) is 0 Å². The molecule has 2 rings (SSSR count). The Bertz CT molecular complexity index is 803. The van der Waals surface area contributed by atoms with Gasteiger partial charge in [0.1, 0.15) is 18.8 Å². The summed E-state index contributed by atoms with van der Waals surface area (Å²) >= 11 is 5.86. The van der Waals surface area contributed by atoms with Crippen molar-refractivity contribution in [1.29, 1.82) is 0 Å². The molecule has 0 bridgehead atoms. The fraction of sp³-hybridized carbons (Fsp3) is 0.286. The number of hydrazone groups is 1. The van der Waals surface area contributed by atoms with E-state index in [1.54, 1.807) is 0 Å². The van der Waals surface area contributed by atoms with E-state index in [0.29, 0.717) is 24.1 Å². The number of amides is 2. The molecule has 28 heavy (non-hydrogen) atoms. The highest BCUT2D eigenvalue weighted by molar-refractivity contribution is 6.30. The second-order valence-electron chi connectivity index (χ2n) is 6.65. The molecule has 2 aromatic carbocycles. The number of hydrogen-bond donors (Lipinski definition) is 2. The number of hydrogen-bond acceptors (Lipinski definition) is 4. The van der Waals surface area contributed by atoms with Crippen LogP contribution in [0.2, 0.25) is 5.02 Å². The van der Waals surface area contributed by atoms with Crippen molar-refractivity contribution >= 4 is 29.6 Å². The summed E-state index contributed by atoms with van der Waals surface area (Å²) in [6.45, 7) is 4.96. The average molecular weight is 402 g/mol. The summed E-state index contributed by atoms with van der Waals surface area (Å²) in [5.74, 6) is 0.283. The lowest BCUT2D eigenvalue weighted by Crippen LogP contribution is -2.32. The van der Waals surface area contributed by atoms with Crippen LogP contribution in [-0.4, -0.2) is 24.6 Å². The molecular weight excluding hydrogens is 378 g/mol. The number of carbonyl (C=O) groups excluding carboxylic acids is 2. The van der Waals surface area contributed by atoms with Gasteiger partial charge in [0.2, 0.25) is 11.8 Å². The van der Waals surface area contributed by atoms with Crippen LogP contribution in [0.25, 0.3) is 0 Å². The van der Waals surface area contributed by atoms with Gasteiger partial charge in [0.25, 0.3) is 0 Å². The second-order valence-corrected chi connectivity index (χ2v) is 7.09. The van der Waals surface area contributed by atoms with Crippen LogP contribution in [0.1, 0.15) is 31.4 Å². The highest BCUT2D eigenvalue weighted by Crippen LogP contribution is 2.15. The molecule has 0 aliphatic heterocycles. The molecule has 0 spiro atoms. The molecule has 0 radical (unpaired) electrons. The molecule has 0 heterocycles. The number of nitrogens with zero attached hydrogens (tertiary/aromatic N) is 1. The van der Waals surface area contributed by atoms with Crippen LogP contribution in [0.4, 0.5) is 0 Å². The SMILES string of the molecule is CC(C)CNC(=O)CC(=O)N/N=C/c1ccc(OCc2ccc(Cl)cc2)cc1. The highest BCUT2D eigenvalue weighted by atomic mass is 35.5. The van der Waals surface area contributed by atoms with Crippen molar-refractivity contribution in [3.8, 4) is 5.75 Å². The lowest BCUT2D eigenvalue weighted by Gasteiger charge is -2.07. The maximum atomic E-state index is 11.7. The maximum Gasteiger partial charge on any atom is 0.249 e. The third kappa shape index (κ3) is 8.22. The standard InChI is InChI=1S/C21H24ClN3O3/c1-15(2)12-23-20(26)11-21(27)25-24-13-16-5-9-19(10-6-16)28-14-17-3-7-18(22)8-4-17/h3-10,13,15H,11-12,14H2,1-2H3,(H,23,26)(H,25,27)/b24-13+. The number of carbonyl (C=O) groups is 2. The Kier molecular flexibility index (Phi) is 8.49. The van der Waals surface area contributed by atoms with Crippen LogP contribution in [0.5, 0.6) is 5.75 Å². The number of ether oxygens (including phenoxy) is 1. The summed E-state index contributed by atoms with van der Waals surface area (Å²) in [6, 6.07) is 14.7. The molecule has 6 nitrogen and oxygen atoms in total.